The van der Waals surface area contributed by atoms with Gasteiger partial charge in [-0.25, -0.2) is 4.39 Å². The fourth-order valence-corrected chi connectivity index (χ4v) is 4.31. The first-order valence-electron chi connectivity index (χ1n) is 12.4. The van der Waals surface area contributed by atoms with Gasteiger partial charge in [0.2, 0.25) is 0 Å². The van der Waals surface area contributed by atoms with E-state index >= 15 is 0 Å². The number of aliphatic hydroxyl groups is 1. The lowest BCUT2D eigenvalue weighted by atomic mass is 10.1. The van der Waals surface area contributed by atoms with Crippen LogP contribution >= 0.6 is 0 Å². The van der Waals surface area contributed by atoms with Gasteiger partial charge in [-0.05, 0) is 91.7 Å². The average molecular weight is 514 g/mol. The van der Waals surface area contributed by atoms with Crippen LogP contribution < -0.4 is 20.9 Å². The Kier molecular flexibility index (Phi) is 7.37. The molecule has 1 aromatic heterocycles. The van der Waals surface area contributed by atoms with Gasteiger partial charge in [0.1, 0.15) is 11.5 Å². The average Bonchev–Trinajstić information content (AvgIpc) is 3.47. The quantitative estimate of drug-likeness (QED) is 0.229. The molecular weight excluding hydrogens is 485 g/mol. The molecule has 4 aromatic rings. The number of piperidine rings is 1. The molecule has 1 aliphatic rings. The minimum Gasteiger partial charge on any atom is -0.393 e. The summed E-state index contributed by atoms with van der Waals surface area (Å²) in [5.74, 6) is -1.10. The van der Waals surface area contributed by atoms with Gasteiger partial charge in [0.05, 0.1) is 11.8 Å². The van der Waals surface area contributed by atoms with Crippen LogP contribution in [0.25, 0.3) is 0 Å². The maximum atomic E-state index is 14.6. The number of benzene rings is 3. The van der Waals surface area contributed by atoms with Gasteiger partial charge in [-0.2, -0.15) is 0 Å². The van der Waals surface area contributed by atoms with Crippen molar-refractivity contribution >= 4 is 40.3 Å². The molecule has 2 amide bonds. The maximum absolute atomic E-state index is 14.6. The molecule has 2 heterocycles. The lowest BCUT2D eigenvalue weighted by molar-refractivity contribution is 0.101. The van der Waals surface area contributed by atoms with Crippen molar-refractivity contribution in [2.75, 3.05) is 33.9 Å². The van der Waals surface area contributed by atoms with Crippen LogP contribution in [0.15, 0.2) is 85.1 Å². The van der Waals surface area contributed by atoms with Crippen molar-refractivity contribution in [3.8, 4) is 0 Å². The van der Waals surface area contributed by atoms with Crippen molar-refractivity contribution in [3.63, 3.8) is 0 Å². The largest absolute Gasteiger partial charge is 0.393 e. The third-order valence-electron chi connectivity index (χ3n) is 6.45. The summed E-state index contributed by atoms with van der Waals surface area (Å²) >= 11 is 0. The van der Waals surface area contributed by atoms with Crippen LogP contribution in [0, 0.1) is 5.82 Å². The zero-order valence-corrected chi connectivity index (χ0v) is 20.6. The lowest BCUT2D eigenvalue weighted by Crippen LogP contribution is -2.35. The van der Waals surface area contributed by atoms with Crippen molar-refractivity contribution < 1.29 is 19.1 Å². The second-order valence-corrected chi connectivity index (χ2v) is 9.15. The highest BCUT2D eigenvalue weighted by Crippen LogP contribution is 2.25. The van der Waals surface area contributed by atoms with E-state index in [1.54, 1.807) is 66.9 Å². The number of H-pyrrole nitrogens is 1. The summed E-state index contributed by atoms with van der Waals surface area (Å²) in [6.45, 7) is 1.59. The van der Waals surface area contributed by atoms with Crippen LogP contribution in [0.1, 0.15) is 33.7 Å². The molecule has 1 fully saturated rings. The zero-order valence-electron chi connectivity index (χ0n) is 20.6. The third kappa shape index (κ3) is 6.01. The number of aliphatic hydroxyl groups excluding tert-OH is 1. The fraction of sp³-hybridized carbons (Fsp3) is 0.172. The SMILES string of the molecule is O=C(Nc1ccc(Nc2ccc(NC(=O)c3ccc[nH]3)cc2F)cc1)c1ccc(N2CCC(O)CC2)cc1. The summed E-state index contributed by atoms with van der Waals surface area (Å²) in [4.78, 5) is 29.8. The summed E-state index contributed by atoms with van der Waals surface area (Å²) in [6.07, 6.45) is 2.91. The molecule has 9 heteroatoms. The Bertz CT molecular complexity index is 1400. The molecule has 1 aliphatic heterocycles. The highest BCUT2D eigenvalue weighted by Gasteiger charge is 2.17. The molecule has 0 bridgehead atoms. The monoisotopic (exact) mass is 513 g/mol. The molecule has 3 aromatic carbocycles. The normalized spacial score (nSPS) is 13.7. The molecule has 5 rings (SSSR count). The van der Waals surface area contributed by atoms with E-state index in [1.807, 2.05) is 12.1 Å². The van der Waals surface area contributed by atoms with Gasteiger partial charge < -0.3 is 30.9 Å². The van der Waals surface area contributed by atoms with Gasteiger partial charge >= 0.3 is 0 Å². The van der Waals surface area contributed by atoms with Gasteiger partial charge in [-0.3, -0.25) is 9.59 Å². The predicted molar refractivity (Wildman–Crippen MR) is 147 cm³/mol. The first-order valence-corrected chi connectivity index (χ1v) is 12.4. The number of hydrogen-bond acceptors (Lipinski definition) is 5. The standard InChI is InChI=1S/C29H28FN5O3/c30-25-18-22(34-29(38)27-2-1-15-31-27)9-12-26(25)32-20-5-7-21(8-6-20)33-28(37)19-3-10-23(11-4-19)35-16-13-24(36)14-17-35/h1-12,15,18,24,31-32,36H,13-14,16-17H2,(H,33,37)(H,34,38). The molecule has 0 saturated carbocycles. The molecule has 1 saturated heterocycles. The van der Waals surface area contributed by atoms with Crippen molar-refractivity contribution in [3.05, 3.63) is 102 Å². The molecule has 0 aliphatic carbocycles. The summed E-state index contributed by atoms with van der Waals surface area (Å²) in [5, 5.41) is 18.2. The Labute approximate surface area is 219 Å². The minimum absolute atomic E-state index is 0.227. The van der Waals surface area contributed by atoms with Crippen molar-refractivity contribution in [1.29, 1.82) is 0 Å². The summed E-state index contributed by atoms with van der Waals surface area (Å²) < 4.78 is 14.6. The van der Waals surface area contributed by atoms with E-state index in [4.69, 9.17) is 0 Å². The van der Waals surface area contributed by atoms with Crippen molar-refractivity contribution in [2.24, 2.45) is 0 Å². The van der Waals surface area contributed by atoms with E-state index in [2.05, 4.69) is 25.8 Å². The number of carbonyl (C=O) groups is 2. The van der Waals surface area contributed by atoms with Crippen molar-refractivity contribution in [1.82, 2.24) is 4.98 Å². The van der Waals surface area contributed by atoms with E-state index in [9.17, 15) is 19.1 Å². The van der Waals surface area contributed by atoms with Gasteiger partial charge in [-0.15, -0.1) is 0 Å². The molecule has 0 atom stereocenters. The number of nitrogens with zero attached hydrogens (tertiary/aromatic N) is 1. The topological polar surface area (TPSA) is 109 Å². The summed E-state index contributed by atoms with van der Waals surface area (Å²) in [5.41, 5.74) is 3.80. The molecule has 194 valence electrons. The van der Waals surface area contributed by atoms with Crippen LogP contribution in [-0.2, 0) is 0 Å². The molecule has 5 N–H and O–H groups in total. The second-order valence-electron chi connectivity index (χ2n) is 9.15. The Balaban J connectivity index is 1.16. The highest BCUT2D eigenvalue weighted by atomic mass is 19.1. The van der Waals surface area contributed by atoms with Crippen LogP contribution in [0.3, 0.4) is 0 Å². The van der Waals surface area contributed by atoms with E-state index < -0.39 is 5.82 Å². The molecule has 0 unspecified atom stereocenters. The van der Waals surface area contributed by atoms with E-state index in [0.717, 1.165) is 31.6 Å². The van der Waals surface area contributed by atoms with Gasteiger partial charge in [-0.1, -0.05) is 0 Å². The van der Waals surface area contributed by atoms with Gasteiger partial charge in [0.25, 0.3) is 11.8 Å². The van der Waals surface area contributed by atoms with E-state index in [-0.39, 0.29) is 23.6 Å². The molecule has 8 nitrogen and oxygen atoms in total. The first kappa shape index (κ1) is 25.0. The third-order valence-corrected chi connectivity index (χ3v) is 6.45. The van der Waals surface area contributed by atoms with Gasteiger partial charge in [0.15, 0.2) is 0 Å². The number of nitrogens with one attached hydrogen (secondary N) is 4. The van der Waals surface area contributed by atoms with Crippen LogP contribution in [0.2, 0.25) is 0 Å². The number of halogens is 1. The Hall–Kier alpha value is -4.63. The van der Waals surface area contributed by atoms with E-state index in [0.29, 0.717) is 28.3 Å². The van der Waals surface area contributed by atoms with E-state index in [1.165, 1.54) is 6.07 Å². The fourth-order valence-electron chi connectivity index (χ4n) is 4.31. The second kappa shape index (κ2) is 11.2. The summed E-state index contributed by atoms with van der Waals surface area (Å²) in [7, 11) is 0. The number of anilines is 5. The number of carbonyl (C=O) groups excluding carboxylic acids is 2. The zero-order chi connectivity index (χ0) is 26.5. The molecule has 0 spiro atoms. The summed E-state index contributed by atoms with van der Waals surface area (Å²) in [6, 6.07) is 22.1. The Morgan fingerprint density at radius 2 is 1.50 bits per heavy atom. The number of hydrogen-bond donors (Lipinski definition) is 5. The number of rotatable bonds is 7. The molecule has 0 radical (unpaired) electrons. The highest BCUT2D eigenvalue weighted by molar-refractivity contribution is 6.04. The van der Waals surface area contributed by atoms with Crippen LogP contribution in [-0.4, -0.2) is 41.1 Å². The smallest absolute Gasteiger partial charge is 0.272 e. The van der Waals surface area contributed by atoms with Gasteiger partial charge in [0, 0.05) is 47.6 Å². The number of aromatic amines is 1. The first-order chi connectivity index (χ1) is 18.4. The number of amides is 2. The molecular formula is C29H28FN5O3. The van der Waals surface area contributed by atoms with Crippen LogP contribution in [0.4, 0.5) is 32.8 Å². The van der Waals surface area contributed by atoms with Crippen LogP contribution in [0.5, 0.6) is 0 Å². The minimum atomic E-state index is -0.518. The van der Waals surface area contributed by atoms with Crippen molar-refractivity contribution in [2.45, 2.75) is 18.9 Å². The maximum Gasteiger partial charge on any atom is 0.272 e. The Morgan fingerprint density at radius 3 is 2.16 bits per heavy atom. The Morgan fingerprint density at radius 1 is 0.842 bits per heavy atom. The number of aromatic nitrogens is 1. The molecule has 38 heavy (non-hydrogen) atoms. The predicted octanol–water partition coefficient (Wildman–Crippen LogP) is 5.36. The lowest BCUT2D eigenvalue weighted by Gasteiger charge is -2.31.